The standard InChI is InChI=1S/C17H13NO2S/c19-17-12-16(21-11-10-18-17)13-6-8-15(9-7-13)20-14-4-2-1-3-5-14/h1-10,12H,11H2. The van der Waals surface area contributed by atoms with Crippen LogP contribution in [0.4, 0.5) is 0 Å². The number of carbonyl (C=O) groups is 1. The molecule has 0 unspecified atom stereocenters. The zero-order valence-electron chi connectivity index (χ0n) is 11.2. The summed E-state index contributed by atoms with van der Waals surface area (Å²) in [5.74, 6) is 2.07. The van der Waals surface area contributed by atoms with Crippen molar-refractivity contribution in [2.24, 2.45) is 4.99 Å². The number of aliphatic imine (C=N–C) groups is 1. The molecular formula is C17H13NO2S. The molecule has 4 heteroatoms. The predicted molar refractivity (Wildman–Crippen MR) is 86.9 cm³/mol. The fraction of sp³-hybridized carbons (Fsp3) is 0.0588. The Balaban J connectivity index is 1.77. The van der Waals surface area contributed by atoms with Gasteiger partial charge in [0.15, 0.2) is 0 Å². The third-order valence-corrected chi connectivity index (χ3v) is 3.88. The fourth-order valence-corrected chi connectivity index (χ4v) is 2.74. The molecule has 0 saturated carbocycles. The van der Waals surface area contributed by atoms with E-state index in [0.717, 1.165) is 22.0 Å². The number of nitrogens with zero attached hydrogens (tertiary/aromatic N) is 1. The first-order chi connectivity index (χ1) is 10.3. The minimum absolute atomic E-state index is 0.209. The van der Waals surface area contributed by atoms with Crippen molar-refractivity contribution in [2.45, 2.75) is 0 Å². The van der Waals surface area contributed by atoms with Crippen LogP contribution in [0.1, 0.15) is 5.56 Å². The van der Waals surface area contributed by atoms with Gasteiger partial charge in [-0.25, -0.2) is 4.99 Å². The SMILES string of the molecule is O=C1C=C(c2ccc(Oc3ccccc3)cc2)SCC=N1. The molecule has 0 bridgehead atoms. The summed E-state index contributed by atoms with van der Waals surface area (Å²) in [6, 6.07) is 17.3. The summed E-state index contributed by atoms with van der Waals surface area (Å²) in [5.41, 5.74) is 0.999. The zero-order chi connectivity index (χ0) is 14.5. The van der Waals surface area contributed by atoms with Crippen LogP contribution in [0.25, 0.3) is 4.91 Å². The van der Waals surface area contributed by atoms with Gasteiger partial charge in [0.1, 0.15) is 11.5 Å². The maximum absolute atomic E-state index is 11.5. The van der Waals surface area contributed by atoms with Gasteiger partial charge in [-0.2, -0.15) is 0 Å². The van der Waals surface area contributed by atoms with Gasteiger partial charge in [0, 0.05) is 22.9 Å². The highest BCUT2D eigenvalue weighted by molar-refractivity contribution is 8.08. The van der Waals surface area contributed by atoms with Gasteiger partial charge in [0.25, 0.3) is 5.91 Å². The minimum Gasteiger partial charge on any atom is -0.457 e. The van der Waals surface area contributed by atoms with Crippen molar-refractivity contribution < 1.29 is 9.53 Å². The van der Waals surface area contributed by atoms with Gasteiger partial charge in [0.05, 0.1) is 0 Å². The van der Waals surface area contributed by atoms with Gasteiger partial charge < -0.3 is 4.74 Å². The summed E-state index contributed by atoms with van der Waals surface area (Å²) >= 11 is 1.60. The summed E-state index contributed by atoms with van der Waals surface area (Å²) in [4.78, 5) is 16.2. The topological polar surface area (TPSA) is 38.7 Å². The van der Waals surface area contributed by atoms with E-state index in [1.807, 2.05) is 54.6 Å². The second-order valence-corrected chi connectivity index (χ2v) is 5.47. The van der Waals surface area contributed by atoms with Crippen LogP contribution in [-0.2, 0) is 4.79 Å². The molecule has 2 aromatic carbocycles. The number of amides is 1. The van der Waals surface area contributed by atoms with Gasteiger partial charge in [-0.3, -0.25) is 4.79 Å². The van der Waals surface area contributed by atoms with Crippen LogP contribution in [0.5, 0.6) is 11.5 Å². The molecule has 3 rings (SSSR count). The molecule has 0 N–H and O–H groups in total. The van der Waals surface area contributed by atoms with E-state index in [2.05, 4.69) is 4.99 Å². The predicted octanol–water partition coefficient (Wildman–Crippen LogP) is 4.16. The molecule has 0 saturated heterocycles. The largest absolute Gasteiger partial charge is 0.457 e. The molecule has 0 aromatic heterocycles. The molecule has 1 amide bonds. The first-order valence-corrected chi connectivity index (χ1v) is 7.54. The van der Waals surface area contributed by atoms with E-state index >= 15 is 0 Å². The molecular weight excluding hydrogens is 282 g/mol. The third-order valence-electron chi connectivity index (χ3n) is 2.90. The number of hydrogen-bond acceptors (Lipinski definition) is 3. The number of rotatable bonds is 3. The maximum Gasteiger partial charge on any atom is 0.270 e. The van der Waals surface area contributed by atoms with E-state index < -0.39 is 0 Å². The molecule has 1 aliphatic rings. The van der Waals surface area contributed by atoms with Crippen molar-refractivity contribution in [1.29, 1.82) is 0 Å². The number of benzene rings is 2. The molecule has 21 heavy (non-hydrogen) atoms. The van der Waals surface area contributed by atoms with E-state index in [4.69, 9.17) is 4.74 Å². The van der Waals surface area contributed by atoms with Crippen LogP contribution >= 0.6 is 11.8 Å². The highest BCUT2D eigenvalue weighted by Gasteiger charge is 2.08. The molecule has 0 atom stereocenters. The molecule has 2 aromatic rings. The van der Waals surface area contributed by atoms with Crippen molar-refractivity contribution in [3.05, 3.63) is 66.2 Å². The molecule has 1 aliphatic heterocycles. The van der Waals surface area contributed by atoms with Crippen molar-refractivity contribution in [1.82, 2.24) is 0 Å². The summed E-state index contributed by atoms with van der Waals surface area (Å²) in [5, 5.41) is 0. The molecule has 0 spiro atoms. The number of hydrogen-bond donors (Lipinski definition) is 0. The van der Waals surface area contributed by atoms with Crippen LogP contribution in [0.3, 0.4) is 0 Å². The Labute approximate surface area is 127 Å². The molecule has 0 radical (unpaired) electrons. The molecule has 0 aliphatic carbocycles. The monoisotopic (exact) mass is 295 g/mol. The van der Waals surface area contributed by atoms with E-state index in [1.54, 1.807) is 24.1 Å². The van der Waals surface area contributed by atoms with Crippen molar-refractivity contribution in [3.8, 4) is 11.5 Å². The Morgan fingerprint density at radius 2 is 1.67 bits per heavy atom. The first-order valence-electron chi connectivity index (χ1n) is 6.55. The molecule has 3 nitrogen and oxygen atoms in total. The van der Waals surface area contributed by atoms with Gasteiger partial charge in [-0.15, -0.1) is 11.8 Å². The fourth-order valence-electron chi connectivity index (χ4n) is 1.92. The van der Waals surface area contributed by atoms with Gasteiger partial charge >= 0.3 is 0 Å². The molecule has 104 valence electrons. The summed E-state index contributed by atoms with van der Waals surface area (Å²) in [6.07, 6.45) is 3.21. The Kier molecular flexibility index (Phi) is 4.17. The van der Waals surface area contributed by atoms with Crippen LogP contribution in [0.15, 0.2) is 65.7 Å². The second-order valence-electron chi connectivity index (χ2n) is 4.41. The second kappa shape index (κ2) is 6.41. The molecule has 0 fully saturated rings. The van der Waals surface area contributed by atoms with E-state index in [9.17, 15) is 4.79 Å². The Bertz CT molecular complexity index is 690. The smallest absolute Gasteiger partial charge is 0.270 e. The summed E-state index contributed by atoms with van der Waals surface area (Å²) in [7, 11) is 0. The first kappa shape index (κ1) is 13.6. The van der Waals surface area contributed by atoms with Crippen LogP contribution in [0, 0.1) is 0 Å². The van der Waals surface area contributed by atoms with Gasteiger partial charge in [-0.1, -0.05) is 30.3 Å². The van der Waals surface area contributed by atoms with Crippen molar-refractivity contribution >= 4 is 28.8 Å². The Morgan fingerprint density at radius 3 is 2.43 bits per heavy atom. The van der Waals surface area contributed by atoms with Gasteiger partial charge in [0.2, 0.25) is 0 Å². The zero-order valence-corrected chi connectivity index (χ0v) is 12.0. The van der Waals surface area contributed by atoms with E-state index in [0.29, 0.717) is 5.75 Å². The van der Waals surface area contributed by atoms with Crippen LogP contribution < -0.4 is 4.74 Å². The lowest BCUT2D eigenvalue weighted by Crippen LogP contribution is -1.88. The maximum atomic E-state index is 11.5. The quantitative estimate of drug-likeness (QED) is 0.853. The highest BCUT2D eigenvalue weighted by atomic mass is 32.2. The number of para-hydroxylation sites is 1. The lowest BCUT2D eigenvalue weighted by atomic mass is 10.2. The van der Waals surface area contributed by atoms with Crippen molar-refractivity contribution in [2.75, 3.05) is 5.75 Å². The Hall–Kier alpha value is -2.33. The normalized spacial score (nSPS) is 14.5. The number of carbonyl (C=O) groups excluding carboxylic acids is 1. The Morgan fingerprint density at radius 1 is 0.952 bits per heavy atom. The average molecular weight is 295 g/mol. The lowest BCUT2D eigenvalue weighted by Gasteiger charge is -2.08. The number of thioether (sulfide) groups is 1. The molecule has 1 heterocycles. The minimum atomic E-state index is -0.209. The van der Waals surface area contributed by atoms with E-state index in [-0.39, 0.29) is 5.91 Å². The van der Waals surface area contributed by atoms with Crippen LogP contribution in [-0.4, -0.2) is 17.9 Å². The highest BCUT2D eigenvalue weighted by Crippen LogP contribution is 2.30. The third kappa shape index (κ3) is 3.61. The summed E-state index contributed by atoms with van der Waals surface area (Å²) in [6.45, 7) is 0. The number of ether oxygens (including phenoxy) is 1. The lowest BCUT2D eigenvalue weighted by molar-refractivity contribution is -0.113. The van der Waals surface area contributed by atoms with Gasteiger partial charge in [-0.05, 0) is 29.8 Å². The average Bonchev–Trinajstić information content (AvgIpc) is 2.74. The van der Waals surface area contributed by atoms with Crippen molar-refractivity contribution in [3.63, 3.8) is 0 Å². The summed E-state index contributed by atoms with van der Waals surface area (Å²) < 4.78 is 5.75. The van der Waals surface area contributed by atoms with E-state index in [1.165, 1.54) is 0 Å². The van der Waals surface area contributed by atoms with Crippen LogP contribution in [0.2, 0.25) is 0 Å².